The van der Waals surface area contributed by atoms with Crippen LogP contribution in [0.3, 0.4) is 0 Å². The molecule has 0 bridgehead atoms. The van der Waals surface area contributed by atoms with E-state index >= 15 is 0 Å². The summed E-state index contributed by atoms with van der Waals surface area (Å²) in [5.74, 6) is 1.83. The summed E-state index contributed by atoms with van der Waals surface area (Å²) in [5, 5.41) is 0. The lowest BCUT2D eigenvalue weighted by atomic mass is 9.79. The van der Waals surface area contributed by atoms with Crippen LogP contribution in [-0.4, -0.2) is 96.2 Å². The maximum atomic E-state index is 12.4. The molecule has 0 radical (unpaired) electrons. The molecule has 4 heterocycles. The van der Waals surface area contributed by atoms with Gasteiger partial charge in [0.15, 0.2) is 0 Å². The average molecular weight is 487 g/mol. The van der Waals surface area contributed by atoms with Crippen LogP contribution >= 0.6 is 0 Å². The normalized spacial score (nSPS) is 24.4. The van der Waals surface area contributed by atoms with Crippen LogP contribution in [0.4, 0.5) is 0 Å². The first kappa shape index (κ1) is 27.4. The maximum Gasteiger partial charge on any atom is 0.246 e. The summed E-state index contributed by atoms with van der Waals surface area (Å²) in [4.78, 5) is 43.3. The molecule has 0 spiro atoms. The Kier molecular flexibility index (Phi) is 8.84. The molecule has 0 aromatic carbocycles. The van der Waals surface area contributed by atoms with Gasteiger partial charge in [0.1, 0.15) is 0 Å². The van der Waals surface area contributed by atoms with E-state index in [1.165, 1.54) is 38.1 Å². The standard InChI is InChI=1S/C14H22N2O2.C14H24N2O/c1-4-12(17)16-9-14(3,10-16)13(18)15-7-5-11(2)6-8-15;1-4-13(17)16-10-14(3,11-16)9-15-7-5-12(2)6-8-15/h4,11H,1,5-10H2,2-3H3;4,12H,1,5-11H2,2-3H3. The molecule has 7 heteroatoms. The predicted octanol–water partition coefficient (Wildman–Crippen LogP) is 3.03. The van der Waals surface area contributed by atoms with Crippen LogP contribution in [0.1, 0.15) is 53.4 Å². The lowest BCUT2D eigenvalue weighted by Crippen LogP contribution is -2.64. The van der Waals surface area contributed by atoms with E-state index in [0.29, 0.717) is 18.5 Å². The first-order valence-corrected chi connectivity index (χ1v) is 13.3. The molecule has 0 aliphatic carbocycles. The zero-order chi connectivity index (χ0) is 25.8. The topological polar surface area (TPSA) is 64.2 Å². The van der Waals surface area contributed by atoms with Gasteiger partial charge in [0, 0.05) is 51.2 Å². The fraction of sp³-hybridized carbons (Fsp3) is 0.750. The molecule has 35 heavy (non-hydrogen) atoms. The third kappa shape index (κ3) is 6.75. The van der Waals surface area contributed by atoms with E-state index in [-0.39, 0.29) is 23.1 Å². The minimum atomic E-state index is -0.376. The van der Waals surface area contributed by atoms with Gasteiger partial charge < -0.3 is 19.6 Å². The van der Waals surface area contributed by atoms with Gasteiger partial charge in [-0.15, -0.1) is 0 Å². The smallest absolute Gasteiger partial charge is 0.246 e. The van der Waals surface area contributed by atoms with Crippen molar-refractivity contribution in [3.05, 3.63) is 25.3 Å². The molecule has 0 aromatic rings. The van der Waals surface area contributed by atoms with Gasteiger partial charge >= 0.3 is 0 Å². The molecule has 4 rings (SSSR count). The molecule has 0 aromatic heterocycles. The first-order valence-electron chi connectivity index (χ1n) is 13.3. The summed E-state index contributed by atoms with van der Waals surface area (Å²) in [7, 11) is 0. The van der Waals surface area contributed by atoms with Crippen molar-refractivity contribution in [3.63, 3.8) is 0 Å². The summed E-state index contributed by atoms with van der Waals surface area (Å²) in [6.45, 7) is 24.0. The quantitative estimate of drug-likeness (QED) is 0.561. The van der Waals surface area contributed by atoms with Crippen molar-refractivity contribution in [2.24, 2.45) is 22.7 Å². The molecule has 196 valence electrons. The highest BCUT2D eigenvalue weighted by molar-refractivity contribution is 5.91. The second-order valence-corrected chi connectivity index (χ2v) is 12.1. The van der Waals surface area contributed by atoms with Crippen molar-refractivity contribution in [2.45, 2.75) is 53.4 Å². The summed E-state index contributed by atoms with van der Waals surface area (Å²) < 4.78 is 0. The minimum absolute atomic E-state index is 0.0764. The summed E-state index contributed by atoms with van der Waals surface area (Å²) in [5.41, 5.74) is -0.0709. The van der Waals surface area contributed by atoms with Crippen LogP contribution in [0.15, 0.2) is 25.3 Å². The number of piperidine rings is 2. The van der Waals surface area contributed by atoms with E-state index in [1.54, 1.807) is 4.90 Å². The van der Waals surface area contributed by atoms with Crippen molar-refractivity contribution in [2.75, 3.05) is 58.9 Å². The van der Waals surface area contributed by atoms with Crippen LogP contribution < -0.4 is 0 Å². The van der Waals surface area contributed by atoms with E-state index in [9.17, 15) is 14.4 Å². The van der Waals surface area contributed by atoms with Crippen LogP contribution in [0, 0.1) is 22.7 Å². The van der Waals surface area contributed by atoms with Gasteiger partial charge in [-0.3, -0.25) is 14.4 Å². The molecule has 4 aliphatic rings. The zero-order valence-electron chi connectivity index (χ0n) is 22.4. The fourth-order valence-electron chi connectivity index (χ4n) is 5.83. The molecular formula is C28H46N4O3. The van der Waals surface area contributed by atoms with Gasteiger partial charge in [-0.25, -0.2) is 0 Å². The van der Waals surface area contributed by atoms with Crippen LogP contribution in [0.25, 0.3) is 0 Å². The van der Waals surface area contributed by atoms with Crippen LogP contribution in [0.5, 0.6) is 0 Å². The second-order valence-electron chi connectivity index (χ2n) is 12.1. The SMILES string of the molecule is C=CC(=O)N1CC(C)(C(=O)N2CCC(C)CC2)C1.C=CC(=O)N1CC(C)(CN2CCC(C)CC2)C1. The number of likely N-dealkylation sites (tertiary alicyclic amines) is 4. The lowest BCUT2D eigenvalue weighted by molar-refractivity contribution is -0.157. The lowest BCUT2D eigenvalue weighted by Gasteiger charge is -2.50. The zero-order valence-corrected chi connectivity index (χ0v) is 22.4. The second kappa shape index (κ2) is 11.3. The van der Waals surface area contributed by atoms with Gasteiger partial charge in [-0.05, 0) is 69.7 Å². The van der Waals surface area contributed by atoms with Crippen molar-refractivity contribution >= 4 is 17.7 Å². The Morgan fingerprint density at radius 2 is 1.17 bits per heavy atom. The van der Waals surface area contributed by atoms with E-state index in [0.717, 1.165) is 57.4 Å². The summed E-state index contributed by atoms with van der Waals surface area (Å²) >= 11 is 0. The molecular weight excluding hydrogens is 440 g/mol. The van der Waals surface area contributed by atoms with Gasteiger partial charge in [0.05, 0.1) is 5.41 Å². The molecule has 0 atom stereocenters. The Labute approximate surface area is 212 Å². The molecule has 0 N–H and O–H groups in total. The Hall–Kier alpha value is -2.15. The average Bonchev–Trinajstić information content (AvgIpc) is 2.81. The number of amides is 3. The third-order valence-electron chi connectivity index (χ3n) is 8.27. The van der Waals surface area contributed by atoms with Crippen molar-refractivity contribution in [1.29, 1.82) is 0 Å². The minimum Gasteiger partial charge on any atom is -0.342 e. The monoisotopic (exact) mass is 486 g/mol. The van der Waals surface area contributed by atoms with E-state index in [4.69, 9.17) is 0 Å². The Morgan fingerprint density at radius 1 is 0.743 bits per heavy atom. The molecule has 4 saturated heterocycles. The van der Waals surface area contributed by atoms with Gasteiger partial charge in [-0.1, -0.05) is 33.9 Å². The largest absolute Gasteiger partial charge is 0.342 e. The van der Waals surface area contributed by atoms with Gasteiger partial charge in [0.2, 0.25) is 17.7 Å². The molecule has 3 amide bonds. The molecule has 4 fully saturated rings. The highest BCUT2D eigenvalue weighted by atomic mass is 16.2. The number of hydrogen-bond donors (Lipinski definition) is 0. The van der Waals surface area contributed by atoms with E-state index in [2.05, 4.69) is 38.8 Å². The third-order valence-corrected chi connectivity index (χ3v) is 8.27. The highest BCUT2D eigenvalue weighted by Crippen LogP contribution is 2.34. The van der Waals surface area contributed by atoms with Crippen LogP contribution in [0.2, 0.25) is 0 Å². The number of nitrogens with zero attached hydrogens (tertiary/aromatic N) is 4. The van der Waals surface area contributed by atoms with Gasteiger partial charge in [-0.2, -0.15) is 0 Å². The number of hydrogen-bond acceptors (Lipinski definition) is 4. The van der Waals surface area contributed by atoms with Crippen molar-refractivity contribution < 1.29 is 14.4 Å². The summed E-state index contributed by atoms with van der Waals surface area (Å²) in [6, 6.07) is 0. The maximum absolute atomic E-state index is 12.4. The Balaban J connectivity index is 0.000000196. The number of rotatable bonds is 5. The predicted molar refractivity (Wildman–Crippen MR) is 140 cm³/mol. The Bertz CT molecular complexity index is 797. The molecule has 0 saturated carbocycles. The Morgan fingerprint density at radius 3 is 1.63 bits per heavy atom. The molecule has 0 unspecified atom stereocenters. The van der Waals surface area contributed by atoms with Gasteiger partial charge in [0.25, 0.3) is 0 Å². The number of carbonyl (C=O) groups excluding carboxylic acids is 3. The first-order chi connectivity index (χ1) is 16.5. The van der Waals surface area contributed by atoms with Crippen molar-refractivity contribution in [1.82, 2.24) is 19.6 Å². The molecule has 7 nitrogen and oxygen atoms in total. The van der Waals surface area contributed by atoms with E-state index in [1.807, 2.05) is 16.7 Å². The highest BCUT2D eigenvalue weighted by Gasteiger charge is 2.48. The number of carbonyl (C=O) groups is 3. The van der Waals surface area contributed by atoms with E-state index < -0.39 is 0 Å². The van der Waals surface area contributed by atoms with Crippen LogP contribution in [-0.2, 0) is 14.4 Å². The fourth-order valence-corrected chi connectivity index (χ4v) is 5.83. The summed E-state index contributed by atoms with van der Waals surface area (Å²) in [6.07, 6.45) is 7.57. The van der Waals surface area contributed by atoms with Crippen molar-refractivity contribution in [3.8, 4) is 0 Å². The molecule has 4 aliphatic heterocycles.